The van der Waals surface area contributed by atoms with E-state index in [2.05, 4.69) is 11.5 Å². The fourth-order valence-corrected chi connectivity index (χ4v) is 5.86. The molecule has 1 aliphatic carbocycles. The van der Waals surface area contributed by atoms with Crippen LogP contribution in [0.5, 0.6) is 0 Å². The van der Waals surface area contributed by atoms with Crippen LogP contribution in [0.2, 0.25) is 0 Å². The number of nitrogens with zero attached hydrogens (tertiary/aromatic N) is 1. The standard InChI is InChI=1S/C18H25NO3/c1-3-5-12-11-6-4-7-14(20)19-9-8-13(16(11)19)15-10(2)18(21)22-17(12)15/h3,10-13,15-17H,1,4-9H2,2H3/t10-,11+,12+,13+,15+,16+,17-/m0/s1. The number of rotatable bonds is 2. The van der Waals surface area contributed by atoms with Crippen molar-refractivity contribution in [1.82, 2.24) is 4.90 Å². The highest BCUT2D eigenvalue weighted by Crippen LogP contribution is 2.55. The van der Waals surface area contributed by atoms with E-state index >= 15 is 0 Å². The van der Waals surface area contributed by atoms with Crippen molar-refractivity contribution in [1.29, 1.82) is 0 Å². The molecular formula is C18H25NO3. The van der Waals surface area contributed by atoms with Gasteiger partial charge in [0.25, 0.3) is 0 Å². The Balaban J connectivity index is 1.76. The van der Waals surface area contributed by atoms with E-state index in [1.54, 1.807) is 0 Å². The second-order valence-electron chi connectivity index (χ2n) is 7.54. The first-order valence-electron chi connectivity index (χ1n) is 8.74. The lowest BCUT2D eigenvalue weighted by atomic mass is 9.60. The van der Waals surface area contributed by atoms with Crippen molar-refractivity contribution >= 4 is 11.9 Å². The molecule has 0 aromatic heterocycles. The second kappa shape index (κ2) is 5.10. The maximum absolute atomic E-state index is 12.4. The fraction of sp³-hybridized carbons (Fsp3) is 0.778. The molecule has 4 heteroatoms. The van der Waals surface area contributed by atoms with Gasteiger partial charge in [-0.25, -0.2) is 0 Å². The molecule has 3 heterocycles. The molecule has 3 saturated heterocycles. The first kappa shape index (κ1) is 14.3. The van der Waals surface area contributed by atoms with Crippen molar-refractivity contribution in [2.75, 3.05) is 6.54 Å². The highest BCUT2D eigenvalue weighted by Gasteiger charge is 2.61. The van der Waals surface area contributed by atoms with Crippen molar-refractivity contribution in [3.05, 3.63) is 12.7 Å². The van der Waals surface area contributed by atoms with Gasteiger partial charge in [-0.2, -0.15) is 0 Å². The van der Waals surface area contributed by atoms with E-state index in [1.165, 1.54) is 0 Å². The average molecular weight is 303 g/mol. The summed E-state index contributed by atoms with van der Waals surface area (Å²) in [6, 6.07) is 0.332. The highest BCUT2D eigenvalue weighted by molar-refractivity contribution is 5.78. The molecular weight excluding hydrogens is 278 g/mol. The first-order valence-corrected chi connectivity index (χ1v) is 8.74. The Hall–Kier alpha value is -1.32. The summed E-state index contributed by atoms with van der Waals surface area (Å²) in [5.74, 6) is 1.80. The number of carbonyl (C=O) groups is 2. The molecule has 1 amide bonds. The number of allylic oxidation sites excluding steroid dienone is 1. The van der Waals surface area contributed by atoms with Crippen molar-refractivity contribution in [3.8, 4) is 0 Å². The van der Waals surface area contributed by atoms with E-state index in [4.69, 9.17) is 4.74 Å². The summed E-state index contributed by atoms with van der Waals surface area (Å²) in [6.45, 7) is 6.80. The summed E-state index contributed by atoms with van der Waals surface area (Å²) in [7, 11) is 0. The van der Waals surface area contributed by atoms with Gasteiger partial charge in [-0.3, -0.25) is 9.59 Å². The minimum atomic E-state index is -0.0368. The molecule has 0 aromatic rings. The van der Waals surface area contributed by atoms with Crippen molar-refractivity contribution < 1.29 is 14.3 Å². The van der Waals surface area contributed by atoms with Crippen LogP contribution in [-0.2, 0) is 14.3 Å². The van der Waals surface area contributed by atoms with Crippen LogP contribution in [-0.4, -0.2) is 35.5 Å². The number of esters is 1. The lowest BCUT2D eigenvalue weighted by Crippen LogP contribution is -2.54. The Bertz CT molecular complexity index is 516. The zero-order valence-electron chi connectivity index (χ0n) is 13.2. The van der Waals surface area contributed by atoms with Crippen molar-refractivity contribution in [3.63, 3.8) is 0 Å². The van der Waals surface area contributed by atoms with E-state index in [0.29, 0.717) is 36.1 Å². The van der Waals surface area contributed by atoms with Gasteiger partial charge in [0, 0.05) is 30.8 Å². The van der Waals surface area contributed by atoms with Crippen LogP contribution in [0.25, 0.3) is 0 Å². The molecule has 4 rings (SSSR count). The van der Waals surface area contributed by atoms with Gasteiger partial charge in [0.15, 0.2) is 0 Å². The lowest BCUT2D eigenvalue weighted by molar-refractivity contribution is -0.149. The maximum Gasteiger partial charge on any atom is 0.309 e. The minimum absolute atomic E-state index is 0.0263. The Morgan fingerprint density at radius 2 is 2.14 bits per heavy atom. The summed E-state index contributed by atoms with van der Waals surface area (Å²) in [5.41, 5.74) is 0. The van der Waals surface area contributed by atoms with Gasteiger partial charge < -0.3 is 9.64 Å². The van der Waals surface area contributed by atoms with E-state index in [9.17, 15) is 9.59 Å². The third-order valence-corrected chi connectivity index (χ3v) is 6.67. The van der Waals surface area contributed by atoms with E-state index in [1.807, 2.05) is 13.0 Å². The minimum Gasteiger partial charge on any atom is -0.461 e. The molecule has 0 bridgehead atoms. The van der Waals surface area contributed by atoms with Crippen LogP contribution in [0.1, 0.15) is 39.0 Å². The SMILES string of the molecule is C=CC[C@@H]1[C@H]2CCCC(=O)N3CC[C@H]([C@@H]4[C@H]1OC(=O)[C@H]4C)[C@@H]23. The molecule has 1 saturated carbocycles. The summed E-state index contributed by atoms with van der Waals surface area (Å²) in [5, 5.41) is 0. The number of amides is 1. The lowest BCUT2D eigenvalue weighted by Gasteiger charge is -2.48. The van der Waals surface area contributed by atoms with Crippen LogP contribution in [0.15, 0.2) is 12.7 Å². The zero-order valence-corrected chi connectivity index (χ0v) is 13.2. The van der Waals surface area contributed by atoms with E-state index in [0.717, 1.165) is 32.2 Å². The highest BCUT2D eigenvalue weighted by atomic mass is 16.6. The summed E-state index contributed by atoms with van der Waals surface area (Å²) < 4.78 is 5.82. The third kappa shape index (κ3) is 1.82. The predicted octanol–water partition coefficient (Wildman–Crippen LogP) is 2.39. The van der Waals surface area contributed by atoms with Gasteiger partial charge in [0.2, 0.25) is 5.91 Å². The van der Waals surface area contributed by atoms with Crippen LogP contribution in [0.3, 0.4) is 0 Å². The van der Waals surface area contributed by atoms with Gasteiger partial charge in [0.1, 0.15) is 6.10 Å². The van der Waals surface area contributed by atoms with Crippen molar-refractivity contribution in [2.45, 2.75) is 51.2 Å². The fourth-order valence-electron chi connectivity index (χ4n) is 5.86. The molecule has 4 nitrogen and oxygen atoms in total. The molecule has 0 N–H and O–H groups in total. The largest absolute Gasteiger partial charge is 0.461 e. The summed E-state index contributed by atoms with van der Waals surface area (Å²) >= 11 is 0. The number of hydrogen-bond donors (Lipinski definition) is 0. The van der Waals surface area contributed by atoms with E-state index in [-0.39, 0.29) is 23.9 Å². The molecule has 22 heavy (non-hydrogen) atoms. The van der Waals surface area contributed by atoms with Gasteiger partial charge in [-0.15, -0.1) is 6.58 Å². The molecule has 0 spiro atoms. The normalized spacial score (nSPS) is 46.8. The average Bonchev–Trinajstić information content (AvgIpc) is 2.99. The van der Waals surface area contributed by atoms with Gasteiger partial charge >= 0.3 is 5.97 Å². The zero-order chi connectivity index (χ0) is 15.4. The number of ether oxygens (including phenoxy) is 1. The molecule has 4 fully saturated rings. The monoisotopic (exact) mass is 303 g/mol. The Kier molecular flexibility index (Phi) is 3.31. The Morgan fingerprint density at radius 3 is 2.91 bits per heavy atom. The van der Waals surface area contributed by atoms with Crippen molar-refractivity contribution in [2.24, 2.45) is 29.6 Å². The molecule has 0 aromatic carbocycles. The van der Waals surface area contributed by atoms with Crippen LogP contribution in [0, 0.1) is 29.6 Å². The topological polar surface area (TPSA) is 46.6 Å². The Morgan fingerprint density at radius 1 is 1.32 bits per heavy atom. The smallest absolute Gasteiger partial charge is 0.309 e. The van der Waals surface area contributed by atoms with Gasteiger partial charge in [-0.1, -0.05) is 13.0 Å². The first-order chi connectivity index (χ1) is 10.6. The second-order valence-corrected chi connectivity index (χ2v) is 7.54. The molecule has 0 unspecified atom stereocenters. The van der Waals surface area contributed by atoms with Gasteiger partial charge in [-0.05, 0) is 37.5 Å². The van der Waals surface area contributed by atoms with Crippen LogP contribution in [0.4, 0.5) is 0 Å². The van der Waals surface area contributed by atoms with Gasteiger partial charge in [0.05, 0.1) is 5.92 Å². The molecule has 0 radical (unpaired) electrons. The quantitative estimate of drug-likeness (QED) is 0.581. The van der Waals surface area contributed by atoms with Crippen LogP contribution < -0.4 is 0 Å². The third-order valence-electron chi connectivity index (χ3n) is 6.67. The maximum atomic E-state index is 12.4. The van der Waals surface area contributed by atoms with E-state index < -0.39 is 0 Å². The predicted molar refractivity (Wildman–Crippen MR) is 81.8 cm³/mol. The number of fused-ring (bicyclic) bond motifs is 2. The molecule has 7 atom stereocenters. The molecule has 3 aliphatic heterocycles. The van der Waals surface area contributed by atoms with Crippen LogP contribution >= 0.6 is 0 Å². The molecule has 4 aliphatic rings. The summed E-state index contributed by atoms with van der Waals surface area (Å²) in [6.07, 6.45) is 6.66. The summed E-state index contributed by atoms with van der Waals surface area (Å²) in [4.78, 5) is 26.8. The number of hydrogen-bond acceptors (Lipinski definition) is 3. The molecule has 120 valence electrons. The Labute approximate surface area is 131 Å². The number of carbonyl (C=O) groups excluding carboxylic acids is 2.